The van der Waals surface area contributed by atoms with Crippen molar-refractivity contribution in [1.82, 2.24) is 4.90 Å². The summed E-state index contributed by atoms with van der Waals surface area (Å²) < 4.78 is 37.1. The Morgan fingerprint density at radius 3 is 1.87 bits per heavy atom. The molecule has 47 heavy (non-hydrogen) atoms. The molecular weight excluding hydrogens is 602 g/mol. The normalized spacial score (nSPS) is 25.6. The number of aliphatic hydroxyl groups excluding tert-OH is 2. The van der Waals surface area contributed by atoms with Gasteiger partial charge < -0.3 is 38.6 Å². The van der Waals surface area contributed by atoms with Gasteiger partial charge in [0.1, 0.15) is 42.2 Å². The van der Waals surface area contributed by atoms with Crippen LogP contribution in [0, 0.1) is 0 Å². The fraction of sp³-hybridized carbons (Fsp3) is 0.324. The Bertz CT molecular complexity index is 1560. The zero-order valence-corrected chi connectivity index (χ0v) is 26.3. The Hall–Kier alpha value is -4.29. The lowest BCUT2D eigenvalue weighted by atomic mass is 9.94. The minimum Gasteiger partial charge on any atom is -0.497 e. The number of esters is 1. The molecule has 0 saturated carbocycles. The highest BCUT2D eigenvalue weighted by Gasteiger charge is 2.56. The topological polar surface area (TPSA) is 116 Å². The number of hydrogen-bond donors (Lipinski definition) is 2. The van der Waals surface area contributed by atoms with Crippen LogP contribution < -0.4 is 9.47 Å². The van der Waals surface area contributed by atoms with Gasteiger partial charge in [-0.3, -0.25) is 4.79 Å². The molecule has 10 heteroatoms. The van der Waals surface area contributed by atoms with Crippen molar-refractivity contribution in [3.8, 4) is 11.5 Å². The minimum absolute atomic E-state index is 0.0402. The molecule has 2 aliphatic rings. The number of methoxy groups -OCH3 is 1. The van der Waals surface area contributed by atoms with Crippen LogP contribution in [0.25, 0.3) is 0 Å². The average Bonchev–Trinajstić information content (AvgIpc) is 3.34. The summed E-state index contributed by atoms with van der Waals surface area (Å²) in [7, 11) is 1.58. The number of hydrogen-bond acceptors (Lipinski definition) is 10. The number of carbonyl (C=O) groups excluding carboxylic acids is 1. The van der Waals surface area contributed by atoms with Crippen LogP contribution in [0.5, 0.6) is 11.5 Å². The van der Waals surface area contributed by atoms with E-state index >= 15 is 0 Å². The van der Waals surface area contributed by atoms with E-state index in [9.17, 15) is 15.0 Å². The van der Waals surface area contributed by atoms with E-state index in [1.807, 2.05) is 60.7 Å². The summed E-state index contributed by atoms with van der Waals surface area (Å²) in [4.78, 5) is 14.1. The van der Waals surface area contributed by atoms with Crippen LogP contribution in [0.4, 0.5) is 0 Å². The summed E-state index contributed by atoms with van der Waals surface area (Å²) in [5.74, 6) is 0.558. The smallest absolute Gasteiger partial charge is 0.303 e. The summed E-state index contributed by atoms with van der Waals surface area (Å²) >= 11 is 0. The van der Waals surface area contributed by atoms with Gasteiger partial charge in [0.15, 0.2) is 6.10 Å². The lowest BCUT2D eigenvalue weighted by Crippen LogP contribution is -2.67. The van der Waals surface area contributed by atoms with Crippen molar-refractivity contribution in [3.63, 3.8) is 0 Å². The molecule has 2 N–H and O–H groups in total. The number of fused-ring (bicyclic) bond motifs is 1. The van der Waals surface area contributed by atoms with Crippen LogP contribution in [0.15, 0.2) is 109 Å². The zero-order chi connectivity index (χ0) is 32.8. The SMILES string of the molecule is COc1ccc(O[C@@H]2O[C@H](COCc3ccccc3)[C@@H](OC(C)=O)[C@H](OCc3ccccc3)[C@H]2N2C(O)c3ccccc3C2O)cc1. The maximum Gasteiger partial charge on any atom is 0.303 e. The standard InChI is InChI=1S/C37H39NO9/c1-24(39)45-33-31(23-43-21-25-11-5-3-6-12-25)47-37(46-28-19-17-27(42-2)18-20-28)32(34(33)44-22-26-13-7-4-8-14-26)38-35(40)29-15-9-10-16-30(29)36(38)41/h3-20,31-37,40-41H,21-23H2,1-2H3/t31-,32-,33-,34-,35?,36?,37-/m1/s1. The molecule has 0 spiro atoms. The monoisotopic (exact) mass is 641 g/mol. The van der Waals surface area contributed by atoms with E-state index in [-0.39, 0.29) is 13.2 Å². The van der Waals surface area contributed by atoms with Gasteiger partial charge in [-0.25, -0.2) is 4.90 Å². The molecule has 0 bridgehead atoms. The highest BCUT2D eigenvalue weighted by atomic mass is 16.7. The number of ether oxygens (including phenoxy) is 6. The Kier molecular flexibility index (Phi) is 10.5. The summed E-state index contributed by atoms with van der Waals surface area (Å²) in [5, 5.41) is 23.3. The first kappa shape index (κ1) is 32.6. The third kappa shape index (κ3) is 7.49. The summed E-state index contributed by atoms with van der Waals surface area (Å²) in [6.45, 7) is 1.81. The van der Waals surface area contributed by atoms with Crippen molar-refractivity contribution >= 4 is 5.97 Å². The van der Waals surface area contributed by atoms with E-state index in [1.54, 1.807) is 55.6 Å². The minimum atomic E-state index is -1.23. The largest absolute Gasteiger partial charge is 0.497 e. The van der Waals surface area contributed by atoms with Gasteiger partial charge in [-0.2, -0.15) is 0 Å². The van der Waals surface area contributed by atoms with Crippen LogP contribution >= 0.6 is 0 Å². The van der Waals surface area contributed by atoms with Crippen molar-refractivity contribution in [2.24, 2.45) is 0 Å². The molecule has 246 valence electrons. The van der Waals surface area contributed by atoms with Crippen LogP contribution in [0.1, 0.15) is 41.6 Å². The van der Waals surface area contributed by atoms with Gasteiger partial charge in [0.2, 0.25) is 6.29 Å². The third-order valence-corrected chi connectivity index (χ3v) is 8.37. The lowest BCUT2D eigenvalue weighted by molar-refractivity contribution is -0.301. The molecule has 0 radical (unpaired) electrons. The first-order valence-corrected chi connectivity index (χ1v) is 15.6. The average molecular weight is 642 g/mol. The molecule has 4 aromatic carbocycles. The fourth-order valence-corrected chi connectivity index (χ4v) is 6.15. The molecule has 1 saturated heterocycles. The van der Waals surface area contributed by atoms with Gasteiger partial charge in [0, 0.05) is 18.1 Å². The molecule has 2 heterocycles. The number of rotatable bonds is 12. The molecule has 10 nitrogen and oxygen atoms in total. The van der Waals surface area contributed by atoms with Gasteiger partial charge in [-0.05, 0) is 35.4 Å². The van der Waals surface area contributed by atoms with Crippen LogP contribution in [-0.4, -0.2) is 65.4 Å². The molecule has 0 aromatic heterocycles. The zero-order valence-electron chi connectivity index (χ0n) is 26.3. The van der Waals surface area contributed by atoms with E-state index < -0.39 is 49.1 Å². The lowest BCUT2D eigenvalue weighted by Gasteiger charge is -2.49. The predicted octanol–water partition coefficient (Wildman–Crippen LogP) is 4.90. The molecule has 0 aliphatic carbocycles. The van der Waals surface area contributed by atoms with Crippen molar-refractivity contribution in [2.75, 3.05) is 13.7 Å². The number of carbonyl (C=O) groups is 1. The number of aliphatic hydroxyl groups is 2. The van der Waals surface area contributed by atoms with Crippen LogP contribution in [0.2, 0.25) is 0 Å². The highest BCUT2D eigenvalue weighted by Crippen LogP contribution is 2.45. The second kappa shape index (κ2) is 15.1. The first-order chi connectivity index (χ1) is 22.9. The van der Waals surface area contributed by atoms with Crippen LogP contribution in [-0.2, 0) is 37.0 Å². The maximum absolute atomic E-state index is 12.6. The van der Waals surface area contributed by atoms with Gasteiger partial charge >= 0.3 is 5.97 Å². The Labute approximate surface area is 274 Å². The number of benzene rings is 4. The van der Waals surface area contributed by atoms with E-state index in [0.717, 1.165) is 11.1 Å². The van der Waals surface area contributed by atoms with E-state index in [2.05, 4.69) is 0 Å². The number of nitrogens with zero attached hydrogens (tertiary/aromatic N) is 1. The predicted molar refractivity (Wildman–Crippen MR) is 171 cm³/mol. The van der Waals surface area contributed by atoms with Gasteiger partial charge in [-0.15, -0.1) is 0 Å². The van der Waals surface area contributed by atoms with E-state index in [0.29, 0.717) is 29.2 Å². The molecule has 2 unspecified atom stereocenters. The third-order valence-electron chi connectivity index (χ3n) is 8.37. The fourth-order valence-electron chi connectivity index (χ4n) is 6.15. The quantitative estimate of drug-likeness (QED) is 0.207. The van der Waals surface area contributed by atoms with Crippen molar-refractivity contribution in [3.05, 3.63) is 131 Å². The summed E-state index contributed by atoms with van der Waals surface area (Å²) in [6.07, 6.45) is -6.34. The van der Waals surface area contributed by atoms with Gasteiger partial charge in [0.25, 0.3) is 0 Å². The molecule has 7 atom stereocenters. The van der Waals surface area contributed by atoms with Crippen molar-refractivity contribution in [2.45, 2.75) is 63.2 Å². The second-order valence-corrected chi connectivity index (χ2v) is 11.5. The highest BCUT2D eigenvalue weighted by molar-refractivity contribution is 5.66. The van der Waals surface area contributed by atoms with Gasteiger partial charge in [-0.1, -0.05) is 84.9 Å². The Balaban J connectivity index is 1.39. The first-order valence-electron chi connectivity index (χ1n) is 15.6. The van der Waals surface area contributed by atoms with E-state index in [1.165, 1.54) is 11.8 Å². The Morgan fingerprint density at radius 2 is 1.30 bits per heavy atom. The molecular formula is C37H39NO9. The van der Waals surface area contributed by atoms with Crippen molar-refractivity contribution < 1.29 is 43.4 Å². The van der Waals surface area contributed by atoms with Crippen molar-refractivity contribution in [1.29, 1.82) is 0 Å². The maximum atomic E-state index is 12.6. The molecule has 6 rings (SSSR count). The van der Waals surface area contributed by atoms with E-state index in [4.69, 9.17) is 28.4 Å². The summed E-state index contributed by atoms with van der Waals surface area (Å²) in [6, 6.07) is 32.4. The van der Waals surface area contributed by atoms with Crippen LogP contribution in [0.3, 0.4) is 0 Å². The molecule has 2 aliphatic heterocycles. The summed E-state index contributed by atoms with van der Waals surface area (Å²) in [5.41, 5.74) is 2.94. The Morgan fingerprint density at radius 1 is 0.745 bits per heavy atom. The van der Waals surface area contributed by atoms with Gasteiger partial charge in [0.05, 0.1) is 26.9 Å². The second-order valence-electron chi connectivity index (χ2n) is 11.5. The molecule has 1 fully saturated rings. The molecule has 4 aromatic rings. The molecule has 0 amide bonds.